The van der Waals surface area contributed by atoms with Crippen LogP contribution in [0.4, 0.5) is 8.78 Å². The number of carbonyl (C=O) groups excluding carboxylic acids is 3. The monoisotopic (exact) mass is 369 g/mol. The molecule has 0 aliphatic rings. The van der Waals surface area contributed by atoms with E-state index in [1.54, 1.807) is 27.7 Å². The predicted octanol–water partition coefficient (Wildman–Crippen LogP) is 1.70. The molecule has 0 aliphatic heterocycles. The lowest BCUT2D eigenvalue weighted by Gasteiger charge is -2.28. The molecule has 0 bridgehead atoms. The molecule has 1 aromatic carbocycles. The average Bonchev–Trinajstić information content (AvgIpc) is 2.56. The van der Waals surface area contributed by atoms with Gasteiger partial charge in [-0.2, -0.15) is 0 Å². The van der Waals surface area contributed by atoms with E-state index in [1.807, 2.05) is 0 Å². The standard InChI is InChI=1S/C18H25F2N3O3/c1-5-21-14(24)10-23(6-2)18(26)16(11(3)4)22-17(25)15-12(19)8-7-9-13(15)20/h7-9,11,16H,5-6,10H2,1-4H3,(H,21,24)(H,22,25). The van der Waals surface area contributed by atoms with Gasteiger partial charge in [-0.15, -0.1) is 0 Å². The smallest absolute Gasteiger partial charge is 0.257 e. The fourth-order valence-corrected chi connectivity index (χ4v) is 2.41. The normalized spacial score (nSPS) is 11.8. The van der Waals surface area contributed by atoms with Gasteiger partial charge < -0.3 is 15.5 Å². The number of benzene rings is 1. The Morgan fingerprint density at radius 1 is 1.12 bits per heavy atom. The minimum absolute atomic E-state index is 0.156. The summed E-state index contributed by atoms with van der Waals surface area (Å²) in [5.41, 5.74) is -0.738. The molecule has 26 heavy (non-hydrogen) atoms. The molecule has 0 aromatic heterocycles. The molecular formula is C18H25F2N3O3. The maximum absolute atomic E-state index is 13.8. The van der Waals surface area contributed by atoms with Crippen LogP contribution in [0.1, 0.15) is 38.1 Å². The van der Waals surface area contributed by atoms with Crippen LogP contribution in [0.25, 0.3) is 0 Å². The van der Waals surface area contributed by atoms with E-state index < -0.39 is 35.1 Å². The summed E-state index contributed by atoms with van der Waals surface area (Å²) in [5.74, 6) is -4.18. The van der Waals surface area contributed by atoms with Gasteiger partial charge in [0.2, 0.25) is 11.8 Å². The van der Waals surface area contributed by atoms with Gasteiger partial charge in [0.05, 0.1) is 6.54 Å². The third-order valence-electron chi connectivity index (χ3n) is 3.81. The lowest BCUT2D eigenvalue weighted by atomic mass is 10.0. The molecule has 0 spiro atoms. The molecule has 0 radical (unpaired) electrons. The minimum atomic E-state index is -1.02. The van der Waals surface area contributed by atoms with Crippen molar-refractivity contribution < 1.29 is 23.2 Å². The second kappa shape index (κ2) is 9.84. The van der Waals surface area contributed by atoms with Gasteiger partial charge in [-0.3, -0.25) is 14.4 Å². The van der Waals surface area contributed by atoms with Crippen LogP contribution in [0.15, 0.2) is 18.2 Å². The Morgan fingerprint density at radius 3 is 2.15 bits per heavy atom. The van der Waals surface area contributed by atoms with E-state index in [9.17, 15) is 23.2 Å². The van der Waals surface area contributed by atoms with Crippen molar-refractivity contribution in [3.8, 4) is 0 Å². The second-order valence-electron chi connectivity index (χ2n) is 6.10. The summed E-state index contributed by atoms with van der Waals surface area (Å²) in [4.78, 5) is 38.1. The summed E-state index contributed by atoms with van der Waals surface area (Å²) in [7, 11) is 0. The van der Waals surface area contributed by atoms with Crippen LogP contribution in [0.5, 0.6) is 0 Å². The van der Waals surface area contributed by atoms with Crippen LogP contribution < -0.4 is 10.6 Å². The van der Waals surface area contributed by atoms with Crippen molar-refractivity contribution >= 4 is 17.7 Å². The average molecular weight is 369 g/mol. The highest BCUT2D eigenvalue weighted by atomic mass is 19.1. The summed E-state index contributed by atoms with van der Waals surface area (Å²) in [6.45, 7) is 7.38. The largest absolute Gasteiger partial charge is 0.355 e. The summed E-state index contributed by atoms with van der Waals surface area (Å²) >= 11 is 0. The maximum atomic E-state index is 13.8. The quantitative estimate of drug-likeness (QED) is 0.732. The summed E-state index contributed by atoms with van der Waals surface area (Å²) in [5, 5.41) is 4.99. The molecule has 2 N–H and O–H groups in total. The van der Waals surface area contributed by atoms with Crippen LogP contribution in [-0.2, 0) is 9.59 Å². The predicted molar refractivity (Wildman–Crippen MR) is 93.4 cm³/mol. The van der Waals surface area contributed by atoms with E-state index in [4.69, 9.17) is 0 Å². The Balaban J connectivity index is 2.98. The van der Waals surface area contributed by atoms with Gasteiger partial charge in [-0.1, -0.05) is 19.9 Å². The van der Waals surface area contributed by atoms with E-state index >= 15 is 0 Å². The molecule has 6 nitrogen and oxygen atoms in total. The highest BCUT2D eigenvalue weighted by molar-refractivity contribution is 5.98. The van der Waals surface area contributed by atoms with Crippen LogP contribution in [0.2, 0.25) is 0 Å². The van der Waals surface area contributed by atoms with Crippen LogP contribution in [0.3, 0.4) is 0 Å². The first-order valence-corrected chi connectivity index (χ1v) is 8.53. The SMILES string of the molecule is CCNC(=O)CN(CC)C(=O)C(NC(=O)c1c(F)cccc1F)C(C)C. The molecule has 0 aliphatic carbocycles. The van der Waals surface area contributed by atoms with Gasteiger partial charge in [0.25, 0.3) is 5.91 Å². The zero-order valence-electron chi connectivity index (χ0n) is 15.4. The lowest BCUT2D eigenvalue weighted by Crippen LogP contribution is -2.53. The third kappa shape index (κ3) is 5.50. The fourth-order valence-electron chi connectivity index (χ4n) is 2.41. The van der Waals surface area contributed by atoms with Gasteiger partial charge in [0.15, 0.2) is 0 Å². The van der Waals surface area contributed by atoms with Gasteiger partial charge in [0.1, 0.15) is 23.2 Å². The van der Waals surface area contributed by atoms with Crippen LogP contribution in [-0.4, -0.2) is 48.3 Å². The van der Waals surface area contributed by atoms with Crippen molar-refractivity contribution in [3.63, 3.8) is 0 Å². The number of nitrogens with zero attached hydrogens (tertiary/aromatic N) is 1. The zero-order valence-corrected chi connectivity index (χ0v) is 15.4. The number of likely N-dealkylation sites (N-methyl/N-ethyl adjacent to an activating group) is 2. The Hall–Kier alpha value is -2.51. The molecule has 1 atom stereocenters. The van der Waals surface area contributed by atoms with Crippen molar-refractivity contribution in [1.82, 2.24) is 15.5 Å². The fraction of sp³-hybridized carbons (Fsp3) is 0.500. The molecule has 144 valence electrons. The van der Waals surface area contributed by atoms with Crippen molar-refractivity contribution in [2.24, 2.45) is 5.92 Å². The first kappa shape index (κ1) is 21.5. The van der Waals surface area contributed by atoms with Crippen LogP contribution >= 0.6 is 0 Å². The molecule has 0 saturated carbocycles. The van der Waals surface area contributed by atoms with Gasteiger partial charge in [-0.25, -0.2) is 8.78 Å². The Kier molecular flexibility index (Phi) is 8.15. The second-order valence-corrected chi connectivity index (χ2v) is 6.10. The molecule has 0 fully saturated rings. The summed E-state index contributed by atoms with van der Waals surface area (Å²) in [6.07, 6.45) is 0. The third-order valence-corrected chi connectivity index (χ3v) is 3.81. The van der Waals surface area contributed by atoms with Crippen molar-refractivity contribution in [2.45, 2.75) is 33.7 Å². The molecule has 3 amide bonds. The molecule has 1 rings (SSSR count). The summed E-state index contributed by atoms with van der Waals surface area (Å²) in [6, 6.07) is 2.07. The molecule has 8 heteroatoms. The van der Waals surface area contributed by atoms with Gasteiger partial charge in [0, 0.05) is 13.1 Å². The number of nitrogens with one attached hydrogen (secondary N) is 2. The molecule has 1 aromatic rings. The number of amides is 3. The first-order valence-electron chi connectivity index (χ1n) is 8.53. The molecule has 1 unspecified atom stereocenters. The molecular weight excluding hydrogens is 344 g/mol. The van der Waals surface area contributed by atoms with E-state index in [2.05, 4.69) is 10.6 Å². The van der Waals surface area contributed by atoms with E-state index in [0.717, 1.165) is 18.2 Å². The highest BCUT2D eigenvalue weighted by Crippen LogP contribution is 2.14. The first-order chi connectivity index (χ1) is 12.2. The topological polar surface area (TPSA) is 78.5 Å². The number of carbonyl (C=O) groups is 3. The Labute approximate surface area is 151 Å². The van der Waals surface area contributed by atoms with Crippen molar-refractivity contribution in [2.75, 3.05) is 19.6 Å². The van der Waals surface area contributed by atoms with Crippen molar-refractivity contribution in [3.05, 3.63) is 35.4 Å². The number of halogens is 2. The number of hydrogen-bond donors (Lipinski definition) is 2. The Bertz CT molecular complexity index is 645. The minimum Gasteiger partial charge on any atom is -0.355 e. The van der Waals surface area contributed by atoms with Gasteiger partial charge >= 0.3 is 0 Å². The Morgan fingerprint density at radius 2 is 1.69 bits per heavy atom. The van der Waals surface area contributed by atoms with Gasteiger partial charge in [-0.05, 0) is 31.9 Å². The number of rotatable bonds is 8. The maximum Gasteiger partial charge on any atom is 0.257 e. The molecule has 0 heterocycles. The number of hydrogen-bond acceptors (Lipinski definition) is 3. The lowest BCUT2D eigenvalue weighted by molar-refractivity contribution is -0.138. The van der Waals surface area contributed by atoms with E-state index in [1.165, 1.54) is 4.90 Å². The van der Waals surface area contributed by atoms with E-state index in [-0.39, 0.29) is 24.9 Å². The zero-order chi connectivity index (χ0) is 19.9. The van der Waals surface area contributed by atoms with Crippen molar-refractivity contribution in [1.29, 1.82) is 0 Å². The summed E-state index contributed by atoms with van der Waals surface area (Å²) < 4.78 is 27.6. The molecule has 0 saturated heterocycles. The van der Waals surface area contributed by atoms with E-state index in [0.29, 0.717) is 6.54 Å². The van der Waals surface area contributed by atoms with Crippen LogP contribution in [0, 0.1) is 17.6 Å². The highest BCUT2D eigenvalue weighted by Gasteiger charge is 2.30.